The van der Waals surface area contributed by atoms with Crippen molar-refractivity contribution < 1.29 is 8.42 Å². The van der Waals surface area contributed by atoms with E-state index in [9.17, 15) is 8.42 Å². The van der Waals surface area contributed by atoms with Crippen LogP contribution in [0.15, 0.2) is 0 Å². The number of nitriles is 1. The molecule has 0 radical (unpaired) electrons. The molecule has 0 aromatic rings. The van der Waals surface area contributed by atoms with Gasteiger partial charge in [0.1, 0.15) is 0 Å². The lowest BCUT2D eigenvalue weighted by Crippen LogP contribution is -2.53. The van der Waals surface area contributed by atoms with E-state index in [1.165, 1.54) is 25.8 Å². The number of likely N-dealkylation sites (tertiary alicyclic amines) is 1. The highest BCUT2D eigenvalue weighted by atomic mass is 32.2. The van der Waals surface area contributed by atoms with Crippen molar-refractivity contribution in [2.75, 3.05) is 52.1 Å². The van der Waals surface area contributed by atoms with Crippen LogP contribution < -0.4 is 0 Å². The number of piperidine rings is 1. The van der Waals surface area contributed by atoms with Crippen LogP contribution in [0.1, 0.15) is 32.1 Å². The zero-order valence-electron chi connectivity index (χ0n) is 14.1. The molecular weight excluding hydrogens is 312 g/mol. The number of nitrogens with zero attached hydrogens (tertiary/aromatic N) is 4. The van der Waals surface area contributed by atoms with Crippen molar-refractivity contribution in [1.82, 2.24) is 14.1 Å². The Hall–Kier alpha value is -0.680. The first-order valence-corrected chi connectivity index (χ1v) is 10.4. The molecule has 23 heavy (non-hydrogen) atoms. The molecule has 0 aromatic carbocycles. The summed E-state index contributed by atoms with van der Waals surface area (Å²) in [6.45, 7) is 4.98. The number of likely N-dealkylation sites (N-methyl/N-ethyl adjacent to an activating group) is 1. The molecule has 6 nitrogen and oxygen atoms in total. The van der Waals surface area contributed by atoms with Gasteiger partial charge in [0.05, 0.1) is 17.2 Å². The normalized spacial score (nSPS) is 30.0. The first-order chi connectivity index (χ1) is 10.9. The average molecular weight is 340 g/mol. The summed E-state index contributed by atoms with van der Waals surface area (Å²) in [6.07, 6.45) is 5.31. The van der Waals surface area contributed by atoms with Crippen LogP contribution >= 0.6 is 0 Å². The summed E-state index contributed by atoms with van der Waals surface area (Å²) < 4.78 is 26.6. The first-order valence-electron chi connectivity index (χ1n) is 8.76. The number of hydrogen-bond acceptors (Lipinski definition) is 5. The van der Waals surface area contributed by atoms with Gasteiger partial charge in [-0.05, 0) is 39.3 Å². The van der Waals surface area contributed by atoms with Crippen molar-refractivity contribution in [3.63, 3.8) is 0 Å². The van der Waals surface area contributed by atoms with E-state index in [1.807, 2.05) is 0 Å². The maximum absolute atomic E-state index is 12.5. The summed E-state index contributed by atoms with van der Waals surface area (Å²) >= 11 is 0. The molecule has 130 valence electrons. The molecule has 3 aliphatic rings. The minimum atomic E-state index is -3.28. The van der Waals surface area contributed by atoms with E-state index in [0.29, 0.717) is 19.1 Å². The number of rotatable bonds is 5. The molecule has 2 heterocycles. The fourth-order valence-corrected chi connectivity index (χ4v) is 5.70. The van der Waals surface area contributed by atoms with Gasteiger partial charge in [0.15, 0.2) is 0 Å². The van der Waals surface area contributed by atoms with E-state index >= 15 is 0 Å². The second-order valence-electron chi connectivity index (χ2n) is 7.48. The number of piperazine rings is 1. The molecule has 0 unspecified atom stereocenters. The van der Waals surface area contributed by atoms with Crippen LogP contribution in [0.2, 0.25) is 0 Å². The highest BCUT2D eigenvalue weighted by molar-refractivity contribution is 7.89. The van der Waals surface area contributed by atoms with Crippen LogP contribution in [0, 0.1) is 16.7 Å². The summed E-state index contributed by atoms with van der Waals surface area (Å²) in [5.41, 5.74) is -0.583. The highest BCUT2D eigenvalue weighted by Crippen LogP contribution is 2.46. The molecule has 0 aromatic heterocycles. The summed E-state index contributed by atoms with van der Waals surface area (Å²) in [5.74, 6) is 0.0157. The summed E-state index contributed by atoms with van der Waals surface area (Å²) in [4.78, 5) is 4.84. The molecule has 3 rings (SSSR count). The molecule has 0 amide bonds. The fraction of sp³-hybridized carbons (Fsp3) is 0.938. The Morgan fingerprint density at radius 1 is 1.13 bits per heavy atom. The Kier molecular flexibility index (Phi) is 4.98. The fourth-order valence-electron chi connectivity index (χ4n) is 3.74. The molecule has 1 atom stereocenters. The molecule has 2 saturated heterocycles. The first kappa shape index (κ1) is 17.2. The summed E-state index contributed by atoms with van der Waals surface area (Å²) in [5, 5.41) is 9.12. The quantitative estimate of drug-likeness (QED) is 0.738. The Morgan fingerprint density at radius 2 is 1.83 bits per heavy atom. The van der Waals surface area contributed by atoms with Crippen LogP contribution in [0.5, 0.6) is 0 Å². The van der Waals surface area contributed by atoms with Crippen molar-refractivity contribution >= 4 is 10.0 Å². The van der Waals surface area contributed by atoms with Gasteiger partial charge in [-0.2, -0.15) is 9.57 Å². The third kappa shape index (κ3) is 4.05. The standard InChI is InChI=1S/C16H28N4O2S/c1-18-7-3-2-4-15(18)12-19-8-10-20(11-9-19)23(21,22)14-16(13-17)5-6-16/h15H,2-12,14H2,1H3/t15-/m0/s1. The summed E-state index contributed by atoms with van der Waals surface area (Å²) in [7, 11) is -1.09. The minimum absolute atomic E-state index is 0.0157. The highest BCUT2D eigenvalue weighted by Gasteiger charge is 2.48. The minimum Gasteiger partial charge on any atom is -0.302 e. The third-order valence-corrected chi connectivity index (χ3v) is 7.73. The molecule has 0 bridgehead atoms. The van der Waals surface area contributed by atoms with Gasteiger partial charge in [0, 0.05) is 38.8 Å². The average Bonchev–Trinajstić information content (AvgIpc) is 3.30. The van der Waals surface area contributed by atoms with Crippen molar-refractivity contribution in [3.05, 3.63) is 0 Å². The van der Waals surface area contributed by atoms with Crippen molar-refractivity contribution in [2.45, 2.75) is 38.1 Å². The van der Waals surface area contributed by atoms with E-state index in [0.717, 1.165) is 32.5 Å². The van der Waals surface area contributed by atoms with Crippen LogP contribution in [-0.2, 0) is 10.0 Å². The zero-order chi connectivity index (χ0) is 16.5. The second-order valence-corrected chi connectivity index (χ2v) is 9.45. The Bertz CT molecular complexity index is 559. The SMILES string of the molecule is CN1CCCC[C@H]1CN1CCN(S(=O)(=O)CC2(C#N)CC2)CC1. The predicted octanol–water partition coefficient (Wildman–Crippen LogP) is 0.722. The lowest BCUT2D eigenvalue weighted by molar-refractivity contribution is 0.106. The van der Waals surface area contributed by atoms with Gasteiger partial charge in [-0.3, -0.25) is 4.90 Å². The van der Waals surface area contributed by atoms with Crippen LogP contribution in [-0.4, -0.2) is 80.6 Å². The molecule has 1 saturated carbocycles. The monoisotopic (exact) mass is 340 g/mol. The number of sulfonamides is 1. The van der Waals surface area contributed by atoms with Gasteiger partial charge in [-0.1, -0.05) is 6.42 Å². The van der Waals surface area contributed by atoms with E-state index in [-0.39, 0.29) is 5.75 Å². The van der Waals surface area contributed by atoms with E-state index < -0.39 is 15.4 Å². The number of hydrogen-bond donors (Lipinski definition) is 0. The van der Waals surface area contributed by atoms with Gasteiger partial charge < -0.3 is 4.90 Å². The van der Waals surface area contributed by atoms with Gasteiger partial charge in [-0.25, -0.2) is 8.42 Å². The maximum Gasteiger partial charge on any atom is 0.215 e. The van der Waals surface area contributed by atoms with Crippen LogP contribution in [0.3, 0.4) is 0 Å². The largest absolute Gasteiger partial charge is 0.302 e. The smallest absolute Gasteiger partial charge is 0.215 e. The zero-order valence-corrected chi connectivity index (χ0v) is 14.9. The Balaban J connectivity index is 1.49. The molecular formula is C16H28N4O2S. The van der Waals surface area contributed by atoms with E-state index in [4.69, 9.17) is 5.26 Å². The second kappa shape index (κ2) is 6.67. The lowest BCUT2D eigenvalue weighted by Gasteiger charge is -2.39. The van der Waals surface area contributed by atoms with Gasteiger partial charge in [0.25, 0.3) is 0 Å². The Labute approximate surface area is 140 Å². The lowest BCUT2D eigenvalue weighted by atomic mass is 10.0. The summed E-state index contributed by atoms with van der Waals surface area (Å²) in [6, 6.07) is 2.80. The van der Waals surface area contributed by atoms with Gasteiger partial charge in [-0.15, -0.1) is 0 Å². The van der Waals surface area contributed by atoms with Gasteiger partial charge in [0.2, 0.25) is 10.0 Å². The molecule has 1 aliphatic carbocycles. The Morgan fingerprint density at radius 3 is 2.39 bits per heavy atom. The van der Waals surface area contributed by atoms with Crippen molar-refractivity contribution in [3.8, 4) is 6.07 Å². The molecule has 7 heteroatoms. The molecule has 2 aliphatic heterocycles. The maximum atomic E-state index is 12.5. The molecule has 0 spiro atoms. The third-order valence-electron chi connectivity index (χ3n) is 5.66. The topological polar surface area (TPSA) is 67.7 Å². The van der Waals surface area contributed by atoms with Crippen molar-refractivity contribution in [1.29, 1.82) is 5.26 Å². The molecule has 3 fully saturated rings. The van der Waals surface area contributed by atoms with Crippen molar-refractivity contribution in [2.24, 2.45) is 5.41 Å². The van der Waals surface area contributed by atoms with Gasteiger partial charge >= 0.3 is 0 Å². The van der Waals surface area contributed by atoms with Crippen LogP contribution in [0.25, 0.3) is 0 Å². The van der Waals surface area contributed by atoms with Crippen LogP contribution in [0.4, 0.5) is 0 Å². The predicted molar refractivity (Wildman–Crippen MR) is 89.3 cm³/mol. The molecule has 0 N–H and O–H groups in total. The van der Waals surface area contributed by atoms with E-state index in [1.54, 1.807) is 4.31 Å². The van der Waals surface area contributed by atoms with E-state index in [2.05, 4.69) is 22.9 Å².